The molecule has 0 amide bonds. The molecule has 0 aliphatic heterocycles. The number of carbonyl (C=O) groups excluding carboxylic acids is 1. The van der Waals surface area contributed by atoms with Gasteiger partial charge < -0.3 is 10.1 Å². The number of pyridine rings is 3. The van der Waals surface area contributed by atoms with Crippen LogP contribution < -0.4 is 0 Å². The Morgan fingerprint density at radius 2 is 1.73 bits per heavy atom. The topological polar surface area (TPSA) is 76.0 Å². The molecule has 4 aromatic rings. The molecule has 4 aromatic heterocycles. The third-order valence-electron chi connectivity index (χ3n) is 6.81. The first-order chi connectivity index (χ1) is 17.4. The summed E-state index contributed by atoms with van der Waals surface area (Å²) in [5.41, 5.74) is 5.13. The Balaban J connectivity index is 0.000000271. The number of rotatable bonds is 8. The summed E-state index contributed by atoms with van der Waals surface area (Å²) in [6.45, 7) is 12.4. The SMILES string of the molecule is CCC(CC)C(=O)/C=C(\O)C(CC)CC.Cc1sc2c(-c3[c-]cncc3)nc3cccnc3c2c1C.[Ir]. The number of thiophene rings is 1. The van der Waals surface area contributed by atoms with Gasteiger partial charge in [0.1, 0.15) is 0 Å². The molecule has 0 aliphatic rings. The van der Waals surface area contributed by atoms with Crippen molar-refractivity contribution in [3.05, 3.63) is 65.1 Å². The zero-order chi connectivity index (χ0) is 26.2. The fourth-order valence-corrected chi connectivity index (χ4v) is 5.52. The largest absolute Gasteiger partial charge is 0.512 e. The maximum Gasteiger partial charge on any atom is 0.162 e. The fourth-order valence-electron chi connectivity index (χ4n) is 4.35. The summed E-state index contributed by atoms with van der Waals surface area (Å²) >= 11 is 1.77. The maximum absolute atomic E-state index is 11.7. The van der Waals surface area contributed by atoms with Gasteiger partial charge >= 0.3 is 0 Å². The molecule has 4 heterocycles. The zero-order valence-corrected chi connectivity index (χ0v) is 25.7. The first-order valence-corrected chi connectivity index (χ1v) is 13.6. The van der Waals surface area contributed by atoms with E-state index in [1.54, 1.807) is 23.7 Å². The molecule has 0 aromatic carbocycles. The minimum atomic E-state index is 0. The average molecular weight is 695 g/mol. The molecular weight excluding hydrogens is 659 g/mol. The summed E-state index contributed by atoms with van der Waals surface area (Å²) < 4.78 is 1.18. The molecule has 5 nitrogen and oxygen atoms in total. The molecule has 1 N–H and O–H groups in total. The van der Waals surface area contributed by atoms with Gasteiger partial charge in [0.15, 0.2) is 5.78 Å². The van der Waals surface area contributed by atoms with Gasteiger partial charge in [-0.2, -0.15) is 23.0 Å². The number of hydrogen-bond donors (Lipinski definition) is 1. The van der Waals surface area contributed by atoms with Crippen LogP contribution >= 0.6 is 11.3 Å². The summed E-state index contributed by atoms with van der Waals surface area (Å²) in [6.07, 6.45) is 10.2. The predicted octanol–water partition coefficient (Wildman–Crippen LogP) is 8.19. The summed E-state index contributed by atoms with van der Waals surface area (Å²) in [7, 11) is 0. The number of hydrogen-bond acceptors (Lipinski definition) is 6. The number of fused-ring (bicyclic) bond motifs is 3. The monoisotopic (exact) mass is 695 g/mol. The van der Waals surface area contributed by atoms with E-state index in [1.165, 1.54) is 26.6 Å². The van der Waals surface area contributed by atoms with Crippen LogP contribution in [0.2, 0.25) is 0 Å². The van der Waals surface area contributed by atoms with E-state index in [9.17, 15) is 9.90 Å². The van der Waals surface area contributed by atoms with Gasteiger partial charge in [-0.3, -0.25) is 14.8 Å². The number of aliphatic hydroxyl groups is 1. The van der Waals surface area contributed by atoms with E-state index in [4.69, 9.17) is 4.98 Å². The van der Waals surface area contributed by atoms with Crippen molar-refractivity contribution in [1.29, 1.82) is 0 Å². The van der Waals surface area contributed by atoms with Crippen LogP contribution in [0.5, 0.6) is 0 Å². The fraction of sp³-hybridized carbons (Fsp3) is 0.400. The quantitative estimate of drug-likeness (QED) is 0.114. The van der Waals surface area contributed by atoms with E-state index in [1.807, 2.05) is 52.1 Å². The van der Waals surface area contributed by atoms with Crippen LogP contribution in [0.1, 0.15) is 63.8 Å². The van der Waals surface area contributed by atoms with Crippen LogP contribution in [-0.4, -0.2) is 25.8 Å². The number of allylic oxidation sites excluding steroid dienone is 2. The molecular formula is C30H36IrN3O2S-. The van der Waals surface area contributed by atoms with Crippen LogP contribution in [0.4, 0.5) is 0 Å². The molecule has 0 spiro atoms. The van der Waals surface area contributed by atoms with Gasteiger partial charge in [-0.25, -0.2) is 0 Å². The number of carbonyl (C=O) groups is 1. The van der Waals surface area contributed by atoms with Gasteiger partial charge in [0.05, 0.1) is 16.8 Å². The Hall–Kier alpha value is -2.47. The van der Waals surface area contributed by atoms with Crippen LogP contribution in [0.3, 0.4) is 0 Å². The number of aliphatic hydroxyl groups excluding tert-OH is 1. The van der Waals surface area contributed by atoms with Gasteiger partial charge in [0.25, 0.3) is 0 Å². The third kappa shape index (κ3) is 7.10. The van der Waals surface area contributed by atoms with E-state index in [2.05, 4.69) is 29.9 Å². The Labute approximate surface area is 237 Å². The minimum absolute atomic E-state index is 0. The van der Waals surface area contributed by atoms with E-state index >= 15 is 0 Å². The second-order valence-electron chi connectivity index (χ2n) is 8.97. The first kappa shape index (κ1) is 30.8. The molecule has 0 fully saturated rings. The van der Waals surface area contributed by atoms with Crippen LogP contribution in [0.25, 0.3) is 32.4 Å². The van der Waals surface area contributed by atoms with Gasteiger partial charge in [0.2, 0.25) is 0 Å². The van der Waals surface area contributed by atoms with Crippen molar-refractivity contribution in [3.8, 4) is 11.3 Å². The first-order valence-electron chi connectivity index (χ1n) is 12.8. The van der Waals surface area contributed by atoms with Crippen molar-refractivity contribution in [2.45, 2.75) is 67.2 Å². The number of ketones is 1. The smallest absolute Gasteiger partial charge is 0.162 e. The zero-order valence-electron chi connectivity index (χ0n) is 22.5. The molecule has 0 unspecified atom stereocenters. The van der Waals surface area contributed by atoms with Gasteiger partial charge in [0, 0.05) is 59.2 Å². The molecule has 37 heavy (non-hydrogen) atoms. The van der Waals surface area contributed by atoms with Crippen molar-refractivity contribution in [2.75, 3.05) is 0 Å². The van der Waals surface area contributed by atoms with Gasteiger partial charge in [-0.05, 0) is 75.3 Å². The number of aryl methyl sites for hydroxylation is 2. The molecule has 0 atom stereocenters. The van der Waals surface area contributed by atoms with E-state index < -0.39 is 0 Å². The molecule has 0 bridgehead atoms. The molecule has 7 heteroatoms. The third-order valence-corrected chi connectivity index (χ3v) is 8.03. The van der Waals surface area contributed by atoms with Crippen LogP contribution in [-0.2, 0) is 24.9 Å². The summed E-state index contributed by atoms with van der Waals surface area (Å²) in [5, 5.41) is 11.0. The molecule has 0 saturated carbocycles. The Morgan fingerprint density at radius 1 is 1.05 bits per heavy atom. The summed E-state index contributed by atoms with van der Waals surface area (Å²) in [4.78, 5) is 26.4. The molecule has 0 aliphatic carbocycles. The minimum Gasteiger partial charge on any atom is -0.512 e. The Morgan fingerprint density at radius 3 is 2.32 bits per heavy atom. The van der Waals surface area contributed by atoms with Crippen molar-refractivity contribution in [3.63, 3.8) is 0 Å². The molecule has 199 valence electrons. The summed E-state index contributed by atoms with van der Waals surface area (Å²) in [6, 6.07) is 9.07. The van der Waals surface area contributed by atoms with Crippen molar-refractivity contribution >= 4 is 38.2 Å². The number of aromatic nitrogens is 3. The number of nitrogens with zero attached hydrogens (tertiary/aromatic N) is 3. The van der Waals surface area contributed by atoms with Crippen LogP contribution in [0.15, 0.2) is 48.6 Å². The van der Waals surface area contributed by atoms with Gasteiger partial charge in [-0.15, -0.1) is 6.07 Å². The van der Waals surface area contributed by atoms with Gasteiger partial charge in [-0.1, -0.05) is 27.7 Å². The maximum atomic E-state index is 11.7. The van der Waals surface area contributed by atoms with Crippen molar-refractivity contribution < 1.29 is 30.0 Å². The van der Waals surface area contributed by atoms with Crippen molar-refractivity contribution in [2.24, 2.45) is 11.8 Å². The standard InChI is InChI=1S/C17H12N3S.C13H24O2.Ir/c1-10-11(2)21-17-14(10)16-13(4-3-7-19-16)20-15(17)12-5-8-18-9-6-12;1-5-10(6-2)12(14)9-13(15)11(7-3)8-4;/h3-5,7-9H,1-2H3;9-11,14H,5-8H2,1-4H3;/q-1;;/b;12-9-;. The van der Waals surface area contributed by atoms with Crippen LogP contribution in [0, 0.1) is 31.7 Å². The average Bonchev–Trinajstić information content (AvgIpc) is 3.20. The predicted molar refractivity (Wildman–Crippen MR) is 150 cm³/mol. The second-order valence-corrected chi connectivity index (χ2v) is 10.2. The van der Waals surface area contributed by atoms with Crippen molar-refractivity contribution in [1.82, 2.24) is 15.0 Å². The normalized spacial score (nSPS) is 11.5. The molecule has 4 rings (SSSR count). The molecule has 1 radical (unpaired) electrons. The molecule has 0 saturated heterocycles. The second kappa shape index (κ2) is 14.5. The van der Waals surface area contributed by atoms with E-state index in [0.29, 0.717) is 0 Å². The summed E-state index contributed by atoms with van der Waals surface area (Å²) in [5.74, 6) is 0.547. The van der Waals surface area contributed by atoms with E-state index in [0.717, 1.165) is 48.0 Å². The van der Waals surface area contributed by atoms with E-state index in [-0.39, 0.29) is 43.5 Å². The Bertz CT molecular complexity index is 1340. The Kier molecular flexibility index (Phi) is 12.0.